The molecule has 150 valence electrons. The molecule has 5 rings (SSSR count). The van der Waals surface area contributed by atoms with Crippen molar-refractivity contribution in [3.8, 4) is 0 Å². The molecule has 3 saturated heterocycles. The molecule has 7 nitrogen and oxygen atoms in total. The number of pyridine rings is 1. The summed E-state index contributed by atoms with van der Waals surface area (Å²) in [5, 5.41) is 0. The Morgan fingerprint density at radius 1 is 1.29 bits per heavy atom. The average Bonchev–Trinajstić information content (AvgIpc) is 3.06. The molecular weight excluding hydrogens is 358 g/mol. The summed E-state index contributed by atoms with van der Waals surface area (Å²) in [5.41, 5.74) is 0.865. The number of hydrogen-bond acceptors (Lipinski definition) is 5. The number of piperidine rings is 1. The molecule has 6 atom stereocenters. The van der Waals surface area contributed by atoms with Crippen LogP contribution in [0.2, 0.25) is 0 Å². The normalized spacial score (nSPS) is 36.0. The van der Waals surface area contributed by atoms with Gasteiger partial charge in [-0.2, -0.15) is 0 Å². The number of nitrogens with zero attached hydrogens (tertiary/aromatic N) is 3. The Bertz CT molecular complexity index is 747. The quantitative estimate of drug-likeness (QED) is 0.771. The van der Waals surface area contributed by atoms with Crippen LogP contribution in [-0.2, 0) is 25.6 Å². The zero-order chi connectivity index (χ0) is 19.3. The Labute approximate surface area is 165 Å². The Morgan fingerprint density at radius 3 is 2.86 bits per heavy atom. The average molecular weight is 385 g/mol. The van der Waals surface area contributed by atoms with Gasteiger partial charge in [0, 0.05) is 32.3 Å². The Hall–Kier alpha value is -1.99. The maximum absolute atomic E-state index is 12.8. The van der Waals surface area contributed by atoms with Gasteiger partial charge in [0.2, 0.25) is 5.91 Å². The van der Waals surface area contributed by atoms with E-state index in [9.17, 15) is 9.59 Å². The van der Waals surface area contributed by atoms with Crippen molar-refractivity contribution in [2.24, 2.45) is 23.7 Å². The van der Waals surface area contributed by atoms with Crippen LogP contribution >= 0.6 is 0 Å². The van der Waals surface area contributed by atoms with E-state index >= 15 is 0 Å². The highest BCUT2D eigenvalue weighted by atomic mass is 16.5. The molecule has 1 saturated carbocycles. The second-order valence-corrected chi connectivity index (χ2v) is 8.64. The number of likely N-dealkylation sites (N-methyl/N-ethyl adjacent to an activating group) is 1. The molecule has 0 N–H and O–H groups in total. The number of hydrogen-bond donors (Lipinski definition) is 0. The van der Waals surface area contributed by atoms with Crippen LogP contribution in [0.5, 0.6) is 0 Å². The summed E-state index contributed by atoms with van der Waals surface area (Å²) in [6.45, 7) is 3.35. The van der Waals surface area contributed by atoms with E-state index < -0.39 is 6.10 Å². The van der Waals surface area contributed by atoms with Gasteiger partial charge >= 0.3 is 0 Å². The molecule has 0 radical (unpaired) electrons. The number of aromatic nitrogens is 1. The van der Waals surface area contributed by atoms with Crippen molar-refractivity contribution in [3.63, 3.8) is 0 Å². The fourth-order valence-electron chi connectivity index (χ4n) is 5.16. The number of carbonyl (C=O) groups excluding carboxylic acids is 2. The van der Waals surface area contributed by atoms with Crippen LogP contribution in [0.4, 0.5) is 0 Å². The van der Waals surface area contributed by atoms with E-state index in [0.717, 1.165) is 38.3 Å². The van der Waals surface area contributed by atoms with Crippen molar-refractivity contribution in [2.75, 3.05) is 33.4 Å². The molecule has 1 aliphatic carbocycles. The van der Waals surface area contributed by atoms with Crippen molar-refractivity contribution in [3.05, 3.63) is 30.1 Å². The fraction of sp³-hybridized carbons (Fsp3) is 0.667. The first-order valence-corrected chi connectivity index (χ1v) is 10.3. The monoisotopic (exact) mass is 385 g/mol. The van der Waals surface area contributed by atoms with Crippen LogP contribution in [-0.4, -0.2) is 72.2 Å². The summed E-state index contributed by atoms with van der Waals surface area (Å²) >= 11 is 0. The van der Waals surface area contributed by atoms with E-state index in [0.29, 0.717) is 30.8 Å². The largest absolute Gasteiger partial charge is 0.381 e. The highest BCUT2D eigenvalue weighted by Gasteiger charge is 2.59. The van der Waals surface area contributed by atoms with Gasteiger partial charge in [0.25, 0.3) is 5.91 Å². The minimum absolute atomic E-state index is 0.00630. The molecule has 1 aromatic rings. The van der Waals surface area contributed by atoms with Crippen LogP contribution in [0.25, 0.3) is 0 Å². The first kappa shape index (κ1) is 18.1. The van der Waals surface area contributed by atoms with Crippen LogP contribution in [0.1, 0.15) is 18.5 Å². The van der Waals surface area contributed by atoms with Crippen LogP contribution in [0.15, 0.2) is 24.4 Å². The van der Waals surface area contributed by atoms with Gasteiger partial charge in [-0.3, -0.25) is 14.6 Å². The van der Waals surface area contributed by atoms with E-state index in [2.05, 4.69) is 4.98 Å². The lowest BCUT2D eigenvalue weighted by Gasteiger charge is -2.34. The molecule has 0 spiro atoms. The van der Waals surface area contributed by atoms with Gasteiger partial charge in [-0.05, 0) is 42.7 Å². The molecule has 4 heterocycles. The van der Waals surface area contributed by atoms with E-state index in [1.807, 2.05) is 23.1 Å². The summed E-state index contributed by atoms with van der Waals surface area (Å²) in [5.74, 6) is 1.67. The molecule has 28 heavy (non-hydrogen) atoms. The van der Waals surface area contributed by atoms with E-state index in [-0.39, 0.29) is 23.8 Å². The number of fused-ring (bicyclic) bond motifs is 2. The molecule has 2 unspecified atom stereocenters. The molecular formula is C21H27N3O4. The molecule has 3 aliphatic heterocycles. The first-order valence-electron chi connectivity index (χ1n) is 10.3. The topological polar surface area (TPSA) is 72.0 Å². The number of amides is 2. The number of likely N-dealkylation sites (tertiary alicyclic amines) is 1. The Balaban J connectivity index is 1.16. The summed E-state index contributed by atoms with van der Waals surface area (Å²) in [6, 6.07) is 5.71. The minimum atomic E-state index is -0.410. The minimum Gasteiger partial charge on any atom is -0.381 e. The molecule has 0 bridgehead atoms. The highest BCUT2D eigenvalue weighted by molar-refractivity contribution is 5.83. The highest BCUT2D eigenvalue weighted by Crippen LogP contribution is 2.52. The predicted molar refractivity (Wildman–Crippen MR) is 100.0 cm³/mol. The summed E-state index contributed by atoms with van der Waals surface area (Å²) in [6.07, 6.45) is 2.97. The summed E-state index contributed by atoms with van der Waals surface area (Å²) in [4.78, 5) is 33.6. The molecule has 2 amide bonds. The Kier molecular flexibility index (Phi) is 4.59. The number of carbonyl (C=O) groups is 2. The molecule has 1 aromatic heterocycles. The lowest BCUT2D eigenvalue weighted by atomic mass is 9.91. The van der Waals surface area contributed by atoms with E-state index in [4.69, 9.17) is 9.47 Å². The van der Waals surface area contributed by atoms with Gasteiger partial charge < -0.3 is 19.3 Å². The zero-order valence-electron chi connectivity index (χ0n) is 16.2. The van der Waals surface area contributed by atoms with Gasteiger partial charge in [-0.1, -0.05) is 6.07 Å². The van der Waals surface area contributed by atoms with E-state index in [1.54, 1.807) is 18.1 Å². The number of rotatable bonds is 4. The standard InChI is InChI=1S/C21H27N3O4/c1-23(9-14-4-2-3-6-22-14)20(25)17-8-13-5-7-24(10-18(13)28-17)21(26)19-15-11-27-12-16(15)19/h2-4,6,13,15-19H,5,7-12H2,1H3/t13-,15-,16+,17?,18-,19?/m0/s1. The summed E-state index contributed by atoms with van der Waals surface area (Å²) < 4.78 is 11.5. The summed E-state index contributed by atoms with van der Waals surface area (Å²) in [7, 11) is 1.80. The van der Waals surface area contributed by atoms with Crippen molar-refractivity contribution in [1.29, 1.82) is 0 Å². The van der Waals surface area contributed by atoms with Crippen molar-refractivity contribution >= 4 is 11.8 Å². The first-order chi connectivity index (χ1) is 13.6. The van der Waals surface area contributed by atoms with Gasteiger partial charge in [0.15, 0.2) is 0 Å². The zero-order valence-corrected chi connectivity index (χ0v) is 16.2. The SMILES string of the molecule is CN(Cc1ccccn1)C(=O)C1C[C@@H]2CCN(C(=O)C3[C@H]4COC[C@@H]34)C[C@@H]2O1. The maximum Gasteiger partial charge on any atom is 0.251 e. The van der Waals surface area contributed by atoms with Crippen molar-refractivity contribution < 1.29 is 19.1 Å². The maximum atomic E-state index is 12.8. The molecule has 0 aromatic carbocycles. The fourth-order valence-corrected chi connectivity index (χ4v) is 5.16. The van der Waals surface area contributed by atoms with Crippen molar-refractivity contribution in [1.82, 2.24) is 14.8 Å². The van der Waals surface area contributed by atoms with Gasteiger partial charge in [0.1, 0.15) is 6.10 Å². The van der Waals surface area contributed by atoms with Crippen LogP contribution in [0.3, 0.4) is 0 Å². The Morgan fingerprint density at radius 2 is 2.11 bits per heavy atom. The number of ether oxygens (including phenoxy) is 2. The third kappa shape index (κ3) is 3.20. The van der Waals surface area contributed by atoms with Crippen LogP contribution in [0, 0.1) is 23.7 Å². The third-order valence-corrected chi connectivity index (χ3v) is 6.88. The lowest BCUT2D eigenvalue weighted by Crippen LogP contribution is -2.46. The van der Waals surface area contributed by atoms with Crippen molar-refractivity contribution in [2.45, 2.75) is 31.6 Å². The second kappa shape index (κ2) is 7.12. The molecule has 4 aliphatic rings. The van der Waals surface area contributed by atoms with E-state index in [1.165, 1.54) is 0 Å². The van der Waals surface area contributed by atoms with Gasteiger partial charge in [-0.15, -0.1) is 0 Å². The third-order valence-electron chi connectivity index (χ3n) is 6.88. The lowest BCUT2D eigenvalue weighted by molar-refractivity contribution is -0.145. The molecule has 7 heteroatoms. The predicted octanol–water partition coefficient (Wildman–Crippen LogP) is 0.938. The molecule has 4 fully saturated rings. The second-order valence-electron chi connectivity index (χ2n) is 8.64. The smallest absolute Gasteiger partial charge is 0.251 e. The van der Waals surface area contributed by atoms with Gasteiger partial charge in [0.05, 0.1) is 31.6 Å². The van der Waals surface area contributed by atoms with Crippen LogP contribution < -0.4 is 0 Å². The van der Waals surface area contributed by atoms with Gasteiger partial charge in [-0.25, -0.2) is 0 Å².